The molecule has 0 aromatic heterocycles. The molecule has 1 atom stereocenters. The van der Waals surface area contributed by atoms with Crippen LogP contribution >= 0.6 is 11.6 Å². The molecule has 0 radical (unpaired) electrons. The lowest BCUT2D eigenvalue weighted by molar-refractivity contribution is -0.139. The van der Waals surface area contributed by atoms with Gasteiger partial charge in [-0.2, -0.15) is 0 Å². The fourth-order valence-electron chi connectivity index (χ4n) is 5.05. The number of benzene rings is 3. The van der Waals surface area contributed by atoms with Gasteiger partial charge in [-0.1, -0.05) is 73.3 Å². The molecule has 4 rings (SSSR count). The summed E-state index contributed by atoms with van der Waals surface area (Å²) in [5.41, 5.74) is 0.937. The molecule has 0 bridgehead atoms. The molecule has 1 aliphatic carbocycles. The number of carbonyl (C=O) groups is 2. The average molecular weight is 598 g/mol. The van der Waals surface area contributed by atoms with Crippen molar-refractivity contribution in [1.82, 2.24) is 10.2 Å². The summed E-state index contributed by atoms with van der Waals surface area (Å²) in [6, 6.07) is 20.8. The normalized spacial score (nSPS) is 14.6. The minimum absolute atomic E-state index is 0.0307. The van der Waals surface area contributed by atoms with E-state index in [0.717, 1.165) is 42.0 Å². The second-order valence-corrected chi connectivity index (χ2v) is 12.5. The highest BCUT2D eigenvalue weighted by molar-refractivity contribution is 7.92. The van der Waals surface area contributed by atoms with Crippen LogP contribution in [0.25, 0.3) is 0 Å². The summed E-state index contributed by atoms with van der Waals surface area (Å²) >= 11 is 6.22. The third-order valence-electron chi connectivity index (χ3n) is 7.32. The van der Waals surface area contributed by atoms with Gasteiger partial charge < -0.3 is 15.0 Å². The molecular weight excluding hydrogens is 562 g/mol. The number of hydrogen-bond donors (Lipinski definition) is 1. The van der Waals surface area contributed by atoms with Gasteiger partial charge in [-0.15, -0.1) is 0 Å². The van der Waals surface area contributed by atoms with E-state index in [9.17, 15) is 18.0 Å². The van der Waals surface area contributed by atoms with Gasteiger partial charge in [0.2, 0.25) is 11.8 Å². The summed E-state index contributed by atoms with van der Waals surface area (Å²) in [7, 11) is -2.74. The maximum Gasteiger partial charge on any atom is 0.264 e. The summed E-state index contributed by atoms with van der Waals surface area (Å²) < 4.78 is 34.4. The molecule has 41 heavy (non-hydrogen) atoms. The van der Waals surface area contributed by atoms with Crippen LogP contribution in [0.4, 0.5) is 5.69 Å². The number of para-hydroxylation sites is 2. The second-order valence-electron chi connectivity index (χ2n) is 10.2. The number of anilines is 1. The Morgan fingerprint density at radius 2 is 1.66 bits per heavy atom. The maximum atomic E-state index is 14.1. The van der Waals surface area contributed by atoms with E-state index in [0.29, 0.717) is 10.8 Å². The first-order valence-electron chi connectivity index (χ1n) is 13.8. The SMILES string of the molecule is COc1ccccc1N(CC(=O)N(Cc1cccc(Cl)c1)[C@@H](C)C(=O)NC1CCCCC1)S(=O)(=O)c1ccccc1. The van der Waals surface area contributed by atoms with Crippen LogP contribution < -0.4 is 14.4 Å². The molecule has 3 aromatic rings. The molecule has 10 heteroatoms. The van der Waals surface area contributed by atoms with Crippen LogP contribution in [0.3, 0.4) is 0 Å². The molecule has 2 amide bonds. The molecule has 0 saturated heterocycles. The number of rotatable bonds is 11. The largest absolute Gasteiger partial charge is 0.495 e. The molecule has 3 aromatic carbocycles. The summed E-state index contributed by atoms with van der Waals surface area (Å²) in [4.78, 5) is 28.9. The van der Waals surface area contributed by atoms with Crippen LogP contribution in [-0.2, 0) is 26.2 Å². The molecule has 0 heterocycles. The minimum Gasteiger partial charge on any atom is -0.495 e. The topological polar surface area (TPSA) is 96.0 Å². The van der Waals surface area contributed by atoms with Crippen molar-refractivity contribution < 1.29 is 22.7 Å². The fourth-order valence-corrected chi connectivity index (χ4v) is 6.71. The minimum atomic E-state index is -4.18. The predicted octanol–water partition coefficient (Wildman–Crippen LogP) is 5.41. The third kappa shape index (κ3) is 7.59. The molecule has 1 saturated carbocycles. The first-order chi connectivity index (χ1) is 19.7. The van der Waals surface area contributed by atoms with Gasteiger partial charge in [-0.05, 0) is 61.7 Å². The standard InChI is InChI=1S/C31H36ClN3O5S/c1-23(31(37)33-26-14-5-3-6-15-26)34(21-24-12-11-13-25(32)20-24)30(36)22-35(28-18-9-10-19-29(28)40-2)41(38,39)27-16-7-4-8-17-27/h4,7-13,16-20,23,26H,3,5-6,14-15,21-22H2,1-2H3,(H,33,37)/t23-/m0/s1. The average Bonchev–Trinajstić information content (AvgIpc) is 2.99. The number of nitrogens with one attached hydrogen (secondary N) is 1. The highest BCUT2D eigenvalue weighted by Gasteiger charge is 2.34. The van der Waals surface area contributed by atoms with Crippen LogP contribution in [0.1, 0.15) is 44.6 Å². The highest BCUT2D eigenvalue weighted by Crippen LogP contribution is 2.32. The Bertz CT molecular complexity index is 1440. The van der Waals surface area contributed by atoms with E-state index < -0.39 is 28.5 Å². The Labute approximate surface area is 247 Å². The number of hydrogen-bond acceptors (Lipinski definition) is 5. The van der Waals surface area contributed by atoms with E-state index in [1.54, 1.807) is 67.6 Å². The van der Waals surface area contributed by atoms with Crippen molar-refractivity contribution in [2.45, 2.75) is 62.6 Å². The summed E-state index contributed by atoms with van der Waals surface area (Å²) in [5, 5.41) is 3.60. The quantitative estimate of drug-likeness (QED) is 0.319. The molecule has 8 nitrogen and oxygen atoms in total. The van der Waals surface area contributed by atoms with E-state index in [2.05, 4.69) is 5.32 Å². The van der Waals surface area contributed by atoms with Crippen molar-refractivity contribution in [3.63, 3.8) is 0 Å². The zero-order valence-corrected chi connectivity index (χ0v) is 24.9. The molecule has 0 aliphatic heterocycles. The Morgan fingerprint density at radius 3 is 2.34 bits per heavy atom. The van der Waals surface area contributed by atoms with Gasteiger partial charge in [-0.25, -0.2) is 8.42 Å². The highest BCUT2D eigenvalue weighted by atomic mass is 35.5. The van der Waals surface area contributed by atoms with Gasteiger partial charge >= 0.3 is 0 Å². The molecular formula is C31H36ClN3O5S. The van der Waals surface area contributed by atoms with Crippen LogP contribution in [0.15, 0.2) is 83.8 Å². The van der Waals surface area contributed by atoms with Gasteiger partial charge in [0, 0.05) is 17.6 Å². The van der Waals surface area contributed by atoms with Crippen molar-refractivity contribution in [3.8, 4) is 5.75 Å². The number of nitrogens with zero attached hydrogens (tertiary/aromatic N) is 2. The summed E-state index contributed by atoms with van der Waals surface area (Å²) in [6.07, 6.45) is 5.05. The molecule has 0 spiro atoms. The number of halogens is 1. The van der Waals surface area contributed by atoms with Gasteiger partial charge in [0.1, 0.15) is 18.3 Å². The van der Waals surface area contributed by atoms with Crippen molar-refractivity contribution >= 4 is 39.1 Å². The second kappa shape index (κ2) is 13.9. The molecule has 218 valence electrons. The zero-order valence-electron chi connectivity index (χ0n) is 23.3. The number of amides is 2. The van der Waals surface area contributed by atoms with Crippen LogP contribution in [-0.4, -0.2) is 50.9 Å². The summed E-state index contributed by atoms with van der Waals surface area (Å²) in [5.74, 6) is -0.520. The van der Waals surface area contributed by atoms with Crippen molar-refractivity contribution in [3.05, 3.63) is 89.4 Å². The first kappa shape index (κ1) is 30.4. The fraction of sp³-hybridized carbons (Fsp3) is 0.355. The van der Waals surface area contributed by atoms with E-state index in [-0.39, 0.29) is 29.1 Å². The van der Waals surface area contributed by atoms with Crippen LogP contribution in [0.5, 0.6) is 5.75 Å². The zero-order chi connectivity index (χ0) is 29.4. The molecule has 0 unspecified atom stereocenters. The summed E-state index contributed by atoms with van der Waals surface area (Å²) in [6.45, 7) is 1.20. The molecule has 1 fully saturated rings. The Kier molecular flexibility index (Phi) is 10.3. The lowest BCUT2D eigenvalue weighted by atomic mass is 9.95. The number of ether oxygens (including phenoxy) is 1. The van der Waals surface area contributed by atoms with Crippen LogP contribution in [0, 0.1) is 0 Å². The van der Waals surface area contributed by atoms with E-state index in [1.807, 2.05) is 6.07 Å². The van der Waals surface area contributed by atoms with Gasteiger partial charge in [0.25, 0.3) is 10.0 Å². The predicted molar refractivity (Wildman–Crippen MR) is 160 cm³/mol. The monoisotopic (exact) mass is 597 g/mol. The lowest BCUT2D eigenvalue weighted by Gasteiger charge is -2.33. The van der Waals surface area contributed by atoms with Gasteiger partial charge in [0.05, 0.1) is 17.7 Å². The Balaban J connectivity index is 1.69. The molecule has 1 aliphatic rings. The van der Waals surface area contributed by atoms with Crippen LogP contribution in [0.2, 0.25) is 5.02 Å². The third-order valence-corrected chi connectivity index (χ3v) is 9.33. The Hall–Kier alpha value is -3.56. The van der Waals surface area contributed by atoms with Crippen molar-refractivity contribution in [2.24, 2.45) is 0 Å². The van der Waals surface area contributed by atoms with Gasteiger partial charge in [-0.3, -0.25) is 13.9 Å². The van der Waals surface area contributed by atoms with Crippen molar-refractivity contribution in [1.29, 1.82) is 0 Å². The Morgan fingerprint density at radius 1 is 0.976 bits per heavy atom. The van der Waals surface area contributed by atoms with E-state index in [1.165, 1.54) is 24.1 Å². The number of sulfonamides is 1. The maximum absolute atomic E-state index is 14.1. The number of carbonyl (C=O) groups excluding carboxylic acids is 2. The number of methoxy groups -OCH3 is 1. The molecule has 1 N–H and O–H groups in total. The first-order valence-corrected chi connectivity index (χ1v) is 15.6. The van der Waals surface area contributed by atoms with E-state index in [4.69, 9.17) is 16.3 Å². The van der Waals surface area contributed by atoms with E-state index >= 15 is 0 Å². The smallest absolute Gasteiger partial charge is 0.264 e. The lowest BCUT2D eigenvalue weighted by Crippen LogP contribution is -2.53. The van der Waals surface area contributed by atoms with Gasteiger partial charge in [0.15, 0.2) is 0 Å². The van der Waals surface area contributed by atoms with Crippen molar-refractivity contribution in [2.75, 3.05) is 18.0 Å².